The number of nitrogens with one attached hydrogen (secondary N) is 1. The van der Waals surface area contributed by atoms with E-state index in [0.29, 0.717) is 36.4 Å². The first-order valence-corrected chi connectivity index (χ1v) is 7.74. The van der Waals surface area contributed by atoms with Gasteiger partial charge in [-0.2, -0.15) is 0 Å². The van der Waals surface area contributed by atoms with Gasteiger partial charge in [0.05, 0.1) is 13.1 Å². The summed E-state index contributed by atoms with van der Waals surface area (Å²) in [6, 6.07) is 9.99. The molecule has 2 aromatic heterocycles. The van der Waals surface area contributed by atoms with E-state index in [1.807, 2.05) is 30.3 Å². The van der Waals surface area contributed by atoms with Crippen LogP contribution in [0, 0.1) is 0 Å². The molecule has 3 aromatic rings. The van der Waals surface area contributed by atoms with Crippen molar-refractivity contribution in [2.45, 2.75) is 31.5 Å². The first kappa shape index (κ1) is 14.0. The Kier molecular flexibility index (Phi) is 3.40. The fraction of sp³-hybridized carbons (Fsp3) is 0.375. The van der Waals surface area contributed by atoms with Gasteiger partial charge in [0.2, 0.25) is 0 Å². The molecular formula is C16H17FN6. The number of hydrogen-bond donors (Lipinski definition) is 1. The standard InChI is InChI=1S/C16H17FN6/c17-16(7-4-8-16)10-18-14-13-15(20-11-19-14)23(22-21-13)9-12-5-2-1-3-6-12/h1-3,5-6,11H,4,7-10H2,(H,18,19,20). The van der Waals surface area contributed by atoms with E-state index < -0.39 is 5.67 Å². The van der Waals surface area contributed by atoms with Crippen LogP contribution in [0.1, 0.15) is 24.8 Å². The lowest BCUT2D eigenvalue weighted by molar-refractivity contribution is 0.0784. The van der Waals surface area contributed by atoms with E-state index in [1.54, 1.807) is 4.68 Å². The van der Waals surface area contributed by atoms with Crippen molar-refractivity contribution in [3.63, 3.8) is 0 Å². The minimum Gasteiger partial charge on any atom is -0.365 e. The van der Waals surface area contributed by atoms with Crippen molar-refractivity contribution in [3.8, 4) is 0 Å². The van der Waals surface area contributed by atoms with Crippen LogP contribution < -0.4 is 5.32 Å². The molecule has 1 fully saturated rings. The Balaban J connectivity index is 1.58. The molecule has 0 aliphatic heterocycles. The molecule has 0 unspecified atom stereocenters. The molecule has 2 heterocycles. The number of alkyl halides is 1. The summed E-state index contributed by atoms with van der Waals surface area (Å²) in [6.07, 6.45) is 3.62. The molecule has 1 saturated carbocycles. The van der Waals surface area contributed by atoms with Crippen LogP contribution in [0.5, 0.6) is 0 Å². The number of nitrogens with zero attached hydrogens (tertiary/aromatic N) is 5. The number of halogens is 1. The number of rotatable bonds is 5. The van der Waals surface area contributed by atoms with Crippen molar-refractivity contribution in [1.29, 1.82) is 0 Å². The van der Waals surface area contributed by atoms with Crippen LogP contribution in [0.2, 0.25) is 0 Å². The SMILES string of the molecule is FC1(CNc2ncnc3c2nnn3Cc2ccccc2)CCC1. The molecule has 0 bridgehead atoms. The Morgan fingerprint density at radius 2 is 2.00 bits per heavy atom. The van der Waals surface area contributed by atoms with Crippen molar-refractivity contribution in [2.75, 3.05) is 11.9 Å². The molecule has 0 amide bonds. The molecule has 1 N–H and O–H groups in total. The fourth-order valence-electron chi connectivity index (χ4n) is 2.76. The predicted octanol–water partition coefficient (Wildman–Crippen LogP) is 2.57. The van der Waals surface area contributed by atoms with E-state index in [0.717, 1.165) is 12.0 Å². The third-order valence-electron chi connectivity index (χ3n) is 4.30. The van der Waals surface area contributed by atoms with Crippen LogP contribution in [0.3, 0.4) is 0 Å². The van der Waals surface area contributed by atoms with Gasteiger partial charge in [-0.15, -0.1) is 5.10 Å². The van der Waals surface area contributed by atoms with E-state index in [1.165, 1.54) is 6.33 Å². The Morgan fingerprint density at radius 1 is 1.17 bits per heavy atom. The Bertz CT molecular complexity index is 812. The summed E-state index contributed by atoms with van der Waals surface area (Å²) in [5, 5.41) is 11.4. The number of anilines is 1. The topological polar surface area (TPSA) is 68.5 Å². The third-order valence-corrected chi connectivity index (χ3v) is 4.30. The largest absolute Gasteiger partial charge is 0.365 e. The molecular weight excluding hydrogens is 295 g/mol. The van der Waals surface area contributed by atoms with Gasteiger partial charge in [-0.3, -0.25) is 0 Å². The zero-order valence-electron chi connectivity index (χ0n) is 12.6. The van der Waals surface area contributed by atoms with Gasteiger partial charge in [0.15, 0.2) is 17.0 Å². The van der Waals surface area contributed by atoms with E-state index in [9.17, 15) is 4.39 Å². The molecule has 1 aromatic carbocycles. The second-order valence-corrected chi connectivity index (χ2v) is 5.99. The maximum absolute atomic E-state index is 14.1. The van der Waals surface area contributed by atoms with Gasteiger partial charge in [0, 0.05) is 0 Å². The molecule has 0 radical (unpaired) electrons. The first-order chi connectivity index (χ1) is 11.2. The maximum Gasteiger partial charge on any atom is 0.184 e. The van der Waals surface area contributed by atoms with Gasteiger partial charge in [0.25, 0.3) is 0 Å². The van der Waals surface area contributed by atoms with Gasteiger partial charge in [-0.05, 0) is 24.8 Å². The van der Waals surface area contributed by atoms with Crippen molar-refractivity contribution in [2.24, 2.45) is 0 Å². The number of fused-ring (bicyclic) bond motifs is 1. The summed E-state index contributed by atoms with van der Waals surface area (Å²) in [4.78, 5) is 8.45. The predicted molar refractivity (Wildman–Crippen MR) is 84.8 cm³/mol. The highest BCUT2D eigenvalue weighted by atomic mass is 19.1. The summed E-state index contributed by atoms with van der Waals surface area (Å²) in [5.41, 5.74) is 1.22. The average Bonchev–Trinajstić information content (AvgIpc) is 2.96. The maximum atomic E-state index is 14.1. The molecule has 4 rings (SSSR count). The molecule has 23 heavy (non-hydrogen) atoms. The zero-order chi connectivity index (χ0) is 15.7. The lowest BCUT2D eigenvalue weighted by atomic mass is 9.82. The number of benzene rings is 1. The van der Waals surface area contributed by atoms with Gasteiger partial charge in [-0.1, -0.05) is 35.5 Å². The van der Waals surface area contributed by atoms with Crippen LogP contribution in [-0.4, -0.2) is 37.2 Å². The Labute approximate surface area is 132 Å². The highest BCUT2D eigenvalue weighted by molar-refractivity contribution is 5.81. The highest BCUT2D eigenvalue weighted by Crippen LogP contribution is 2.35. The normalized spacial score (nSPS) is 16.2. The molecule has 7 heteroatoms. The fourth-order valence-corrected chi connectivity index (χ4v) is 2.76. The van der Waals surface area contributed by atoms with Crippen molar-refractivity contribution < 1.29 is 4.39 Å². The zero-order valence-corrected chi connectivity index (χ0v) is 12.6. The smallest absolute Gasteiger partial charge is 0.184 e. The first-order valence-electron chi connectivity index (χ1n) is 7.74. The van der Waals surface area contributed by atoms with Crippen LogP contribution in [0.4, 0.5) is 10.2 Å². The monoisotopic (exact) mass is 312 g/mol. The van der Waals surface area contributed by atoms with Crippen molar-refractivity contribution in [3.05, 3.63) is 42.2 Å². The lowest BCUT2D eigenvalue weighted by Crippen LogP contribution is -2.39. The minimum absolute atomic E-state index is 0.255. The van der Waals surface area contributed by atoms with Gasteiger partial charge in [0.1, 0.15) is 12.0 Å². The van der Waals surface area contributed by atoms with E-state index in [-0.39, 0.29) is 6.54 Å². The van der Waals surface area contributed by atoms with Crippen LogP contribution in [0.15, 0.2) is 36.7 Å². The molecule has 1 aliphatic carbocycles. The molecule has 118 valence electrons. The van der Waals surface area contributed by atoms with E-state index in [4.69, 9.17) is 0 Å². The van der Waals surface area contributed by atoms with Crippen LogP contribution in [-0.2, 0) is 6.54 Å². The van der Waals surface area contributed by atoms with Gasteiger partial charge < -0.3 is 5.32 Å². The Morgan fingerprint density at radius 3 is 2.74 bits per heavy atom. The molecule has 0 saturated heterocycles. The lowest BCUT2D eigenvalue weighted by Gasteiger charge is -2.33. The van der Waals surface area contributed by atoms with Crippen LogP contribution in [0.25, 0.3) is 11.2 Å². The average molecular weight is 312 g/mol. The van der Waals surface area contributed by atoms with Gasteiger partial charge in [-0.25, -0.2) is 19.0 Å². The molecule has 0 spiro atoms. The van der Waals surface area contributed by atoms with Crippen LogP contribution >= 0.6 is 0 Å². The van der Waals surface area contributed by atoms with E-state index >= 15 is 0 Å². The minimum atomic E-state index is -1.11. The second kappa shape index (κ2) is 5.57. The summed E-state index contributed by atoms with van der Waals surface area (Å²) in [7, 11) is 0. The molecule has 6 nitrogen and oxygen atoms in total. The number of hydrogen-bond acceptors (Lipinski definition) is 5. The summed E-state index contributed by atoms with van der Waals surface area (Å²) in [6.45, 7) is 0.839. The number of aromatic nitrogens is 5. The highest BCUT2D eigenvalue weighted by Gasteiger charge is 2.36. The van der Waals surface area contributed by atoms with Crippen molar-refractivity contribution >= 4 is 17.0 Å². The van der Waals surface area contributed by atoms with Crippen molar-refractivity contribution in [1.82, 2.24) is 25.0 Å². The molecule has 1 aliphatic rings. The summed E-state index contributed by atoms with van der Waals surface area (Å²) >= 11 is 0. The van der Waals surface area contributed by atoms with E-state index in [2.05, 4.69) is 25.6 Å². The second-order valence-electron chi connectivity index (χ2n) is 5.99. The quantitative estimate of drug-likeness (QED) is 0.784. The summed E-state index contributed by atoms with van der Waals surface area (Å²) < 4.78 is 15.9. The molecule has 0 atom stereocenters. The summed E-state index contributed by atoms with van der Waals surface area (Å²) in [5.74, 6) is 0.540. The Hall–Kier alpha value is -2.57. The third kappa shape index (κ3) is 2.74. The van der Waals surface area contributed by atoms with Gasteiger partial charge >= 0.3 is 0 Å².